The van der Waals surface area contributed by atoms with Gasteiger partial charge in [0.15, 0.2) is 5.43 Å². The molecule has 3 aromatic carbocycles. The van der Waals surface area contributed by atoms with E-state index in [1.807, 2.05) is 48.5 Å². The lowest BCUT2D eigenvalue weighted by Gasteiger charge is -2.13. The zero-order valence-corrected chi connectivity index (χ0v) is 16.9. The number of aromatic nitrogens is 1. The molecule has 0 radical (unpaired) electrons. The van der Waals surface area contributed by atoms with Crippen molar-refractivity contribution in [2.24, 2.45) is 0 Å². The van der Waals surface area contributed by atoms with E-state index in [-0.39, 0.29) is 11.1 Å². The second-order valence-electron chi connectivity index (χ2n) is 6.72. The number of esters is 1. The third-order valence-electron chi connectivity index (χ3n) is 4.72. The molecule has 0 saturated heterocycles. The molecule has 0 saturated carbocycles. The molecule has 4 aromatic rings. The Bertz CT molecular complexity index is 1260. The standard InChI is InChI=1S/C24H18ClNO4/c1-29-24(28)20-13-21(27)19-11-17(16-7-9-18(25)10-8-16)12-22(23(19)26-20)30-14-15-5-3-2-4-6-15/h2-13H,14H2,1H3,(H,26,27). The predicted molar refractivity (Wildman–Crippen MR) is 117 cm³/mol. The third kappa shape index (κ3) is 4.07. The molecule has 1 heterocycles. The third-order valence-corrected chi connectivity index (χ3v) is 4.97. The van der Waals surface area contributed by atoms with Crippen molar-refractivity contribution in [2.75, 3.05) is 7.11 Å². The van der Waals surface area contributed by atoms with E-state index in [0.29, 0.717) is 28.3 Å². The molecule has 5 nitrogen and oxygen atoms in total. The first-order valence-corrected chi connectivity index (χ1v) is 9.65. The number of halogens is 1. The fraction of sp³-hybridized carbons (Fsp3) is 0.0833. The largest absolute Gasteiger partial charge is 0.487 e. The number of carbonyl (C=O) groups is 1. The molecule has 1 aromatic heterocycles. The summed E-state index contributed by atoms with van der Waals surface area (Å²) < 4.78 is 10.8. The van der Waals surface area contributed by atoms with Gasteiger partial charge in [-0.1, -0.05) is 54.1 Å². The lowest BCUT2D eigenvalue weighted by molar-refractivity contribution is 0.0594. The lowest BCUT2D eigenvalue weighted by atomic mass is 10.0. The summed E-state index contributed by atoms with van der Waals surface area (Å²) >= 11 is 6.01. The second-order valence-corrected chi connectivity index (χ2v) is 7.15. The Hall–Kier alpha value is -3.57. The molecule has 0 spiro atoms. The maximum absolute atomic E-state index is 12.8. The van der Waals surface area contributed by atoms with Crippen LogP contribution in [-0.4, -0.2) is 18.1 Å². The number of carbonyl (C=O) groups excluding carboxylic acids is 1. The average molecular weight is 420 g/mol. The van der Waals surface area contributed by atoms with Gasteiger partial charge < -0.3 is 14.5 Å². The molecule has 0 amide bonds. The predicted octanol–water partition coefficient (Wildman–Crippen LogP) is 5.21. The normalized spacial score (nSPS) is 10.7. The minimum absolute atomic E-state index is 0.0683. The van der Waals surface area contributed by atoms with Crippen molar-refractivity contribution < 1.29 is 14.3 Å². The summed E-state index contributed by atoms with van der Waals surface area (Å²) in [5.41, 5.74) is 2.88. The van der Waals surface area contributed by atoms with Crippen molar-refractivity contribution >= 4 is 28.5 Å². The van der Waals surface area contributed by atoms with Crippen LogP contribution in [0.1, 0.15) is 16.1 Å². The molecule has 0 atom stereocenters. The molecule has 0 aliphatic heterocycles. The number of hydrogen-bond donors (Lipinski definition) is 1. The van der Waals surface area contributed by atoms with Gasteiger partial charge in [-0.05, 0) is 41.0 Å². The molecule has 30 heavy (non-hydrogen) atoms. The minimum Gasteiger partial charge on any atom is -0.487 e. The smallest absolute Gasteiger partial charge is 0.354 e. The van der Waals surface area contributed by atoms with Gasteiger partial charge in [0, 0.05) is 16.5 Å². The molecule has 0 unspecified atom stereocenters. The average Bonchev–Trinajstić information content (AvgIpc) is 2.78. The number of fused-ring (bicyclic) bond motifs is 1. The number of methoxy groups -OCH3 is 1. The highest BCUT2D eigenvalue weighted by Gasteiger charge is 2.15. The number of rotatable bonds is 5. The van der Waals surface area contributed by atoms with Gasteiger partial charge in [-0.3, -0.25) is 4.79 Å². The van der Waals surface area contributed by atoms with Crippen LogP contribution in [-0.2, 0) is 11.3 Å². The Morgan fingerprint density at radius 3 is 2.40 bits per heavy atom. The Balaban J connectivity index is 1.86. The van der Waals surface area contributed by atoms with Crippen molar-refractivity contribution in [3.63, 3.8) is 0 Å². The van der Waals surface area contributed by atoms with E-state index in [9.17, 15) is 9.59 Å². The van der Waals surface area contributed by atoms with Gasteiger partial charge in [0.1, 0.15) is 18.1 Å². The van der Waals surface area contributed by atoms with Crippen molar-refractivity contribution in [2.45, 2.75) is 6.61 Å². The van der Waals surface area contributed by atoms with E-state index in [0.717, 1.165) is 16.7 Å². The van der Waals surface area contributed by atoms with Crippen molar-refractivity contribution in [1.82, 2.24) is 4.98 Å². The van der Waals surface area contributed by atoms with Crippen LogP contribution in [0.4, 0.5) is 0 Å². The number of nitrogens with one attached hydrogen (secondary N) is 1. The molecule has 4 rings (SSSR count). The van der Waals surface area contributed by atoms with Crippen molar-refractivity contribution in [1.29, 1.82) is 0 Å². The van der Waals surface area contributed by atoms with Crippen LogP contribution in [0.25, 0.3) is 22.0 Å². The van der Waals surface area contributed by atoms with Crippen LogP contribution in [0.3, 0.4) is 0 Å². The van der Waals surface area contributed by atoms with Crippen molar-refractivity contribution in [3.8, 4) is 16.9 Å². The Kier molecular flexibility index (Phi) is 5.55. The monoisotopic (exact) mass is 419 g/mol. The van der Waals surface area contributed by atoms with Gasteiger partial charge in [-0.2, -0.15) is 0 Å². The Morgan fingerprint density at radius 1 is 0.967 bits per heavy atom. The second kappa shape index (κ2) is 8.43. The van der Waals surface area contributed by atoms with Crippen LogP contribution in [0.2, 0.25) is 5.02 Å². The summed E-state index contributed by atoms with van der Waals surface area (Å²) in [4.78, 5) is 27.7. The minimum atomic E-state index is -0.621. The Labute approximate surface area is 177 Å². The Morgan fingerprint density at radius 2 is 1.70 bits per heavy atom. The van der Waals surface area contributed by atoms with E-state index in [1.54, 1.807) is 18.2 Å². The molecule has 0 bridgehead atoms. The maximum atomic E-state index is 12.8. The molecular formula is C24H18ClNO4. The highest BCUT2D eigenvalue weighted by molar-refractivity contribution is 6.30. The summed E-state index contributed by atoms with van der Waals surface area (Å²) in [6.45, 7) is 0.310. The topological polar surface area (TPSA) is 68.4 Å². The van der Waals surface area contributed by atoms with E-state index in [4.69, 9.17) is 21.1 Å². The number of benzene rings is 3. The van der Waals surface area contributed by atoms with E-state index >= 15 is 0 Å². The van der Waals surface area contributed by atoms with Crippen LogP contribution in [0.15, 0.2) is 77.6 Å². The first kappa shape index (κ1) is 19.7. The van der Waals surface area contributed by atoms with E-state index < -0.39 is 5.97 Å². The van der Waals surface area contributed by atoms with Crippen LogP contribution >= 0.6 is 11.6 Å². The van der Waals surface area contributed by atoms with Gasteiger partial charge in [0.2, 0.25) is 0 Å². The number of hydrogen-bond acceptors (Lipinski definition) is 4. The summed E-state index contributed by atoms with van der Waals surface area (Å²) in [5, 5.41) is 1.04. The zero-order chi connectivity index (χ0) is 21.1. The SMILES string of the molecule is COC(=O)c1cc(=O)c2cc(-c3ccc(Cl)cc3)cc(OCc3ccccc3)c2[nH]1. The van der Waals surface area contributed by atoms with Gasteiger partial charge in [-0.15, -0.1) is 0 Å². The van der Waals surface area contributed by atoms with E-state index in [1.165, 1.54) is 13.2 Å². The molecule has 1 N–H and O–H groups in total. The fourth-order valence-electron chi connectivity index (χ4n) is 3.20. The van der Waals surface area contributed by atoms with Gasteiger partial charge in [0.05, 0.1) is 12.6 Å². The van der Waals surface area contributed by atoms with Crippen molar-refractivity contribution in [3.05, 3.63) is 99.3 Å². The van der Waals surface area contributed by atoms with Gasteiger partial charge in [-0.25, -0.2) is 4.79 Å². The lowest BCUT2D eigenvalue weighted by Crippen LogP contribution is -2.12. The molecule has 0 aliphatic rings. The maximum Gasteiger partial charge on any atom is 0.354 e. The molecule has 0 fully saturated rings. The van der Waals surface area contributed by atoms with E-state index in [2.05, 4.69) is 4.98 Å². The van der Waals surface area contributed by atoms with Crippen LogP contribution in [0.5, 0.6) is 5.75 Å². The van der Waals surface area contributed by atoms with Crippen LogP contribution in [0, 0.1) is 0 Å². The first-order chi connectivity index (χ1) is 14.5. The number of H-pyrrole nitrogens is 1. The summed E-state index contributed by atoms with van der Waals surface area (Å²) in [6.07, 6.45) is 0. The fourth-order valence-corrected chi connectivity index (χ4v) is 3.32. The number of pyridine rings is 1. The van der Waals surface area contributed by atoms with Gasteiger partial charge in [0.25, 0.3) is 0 Å². The first-order valence-electron chi connectivity index (χ1n) is 9.27. The summed E-state index contributed by atoms with van der Waals surface area (Å²) in [7, 11) is 1.27. The summed E-state index contributed by atoms with van der Waals surface area (Å²) in [5.74, 6) is -0.158. The number of ether oxygens (including phenoxy) is 2. The van der Waals surface area contributed by atoms with Gasteiger partial charge >= 0.3 is 5.97 Å². The highest BCUT2D eigenvalue weighted by atomic mass is 35.5. The molecular weight excluding hydrogens is 402 g/mol. The zero-order valence-electron chi connectivity index (χ0n) is 16.1. The summed E-state index contributed by atoms with van der Waals surface area (Å²) in [6, 6.07) is 21.9. The molecule has 150 valence electrons. The molecule has 0 aliphatic carbocycles. The highest BCUT2D eigenvalue weighted by Crippen LogP contribution is 2.31. The quantitative estimate of drug-likeness (QED) is 0.450. The van der Waals surface area contributed by atoms with Crippen LogP contribution < -0.4 is 10.2 Å². The molecule has 6 heteroatoms. The number of aromatic amines is 1.